The molecule has 4 rings (SSSR count). The van der Waals surface area contributed by atoms with Crippen LogP contribution in [0.3, 0.4) is 0 Å². The number of aromatic nitrogens is 3. The van der Waals surface area contributed by atoms with Gasteiger partial charge in [0, 0.05) is 31.5 Å². The van der Waals surface area contributed by atoms with Crippen molar-refractivity contribution in [2.45, 2.75) is 26.6 Å². The van der Waals surface area contributed by atoms with Crippen LogP contribution in [0, 0.1) is 6.92 Å². The number of hydrogen-bond donors (Lipinski definition) is 2. The van der Waals surface area contributed by atoms with Crippen molar-refractivity contribution in [3.8, 4) is 11.5 Å². The normalized spacial score (nSPS) is 11.1. The van der Waals surface area contributed by atoms with Crippen LogP contribution in [-0.4, -0.2) is 27.5 Å². The minimum absolute atomic E-state index is 0. The van der Waals surface area contributed by atoms with E-state index in [9.17, 15) is 0 Å². The number of benzene rings is 2. The molecule has 166 valence electrons. The van der Waals surface area contributed by atoms with Crippen molar-refractivity contribution in [2.75, 3.05) is 7.05 Å². The lowest BCUT2D eigenvalue weighted by molar-refractivity contribution is 0.572. The van der Waals surface area contributed by atoms with Gasteiger partial charge in [0.15, 0.2) is 5.96 Å². The summed E-state index contributed by atoms with van der Waals surface area (Å²) in [6.07, 6.45) is 5.47. The lowest BCUT2D eigenvalue weighted by atomic mass is 10.1. The molecule has 0 aliphatic carbocycles. The first-order valence-electron chi connectivity index (χ1n) is 10.2. The summed E-state index contributed by atoms with van der Waals surface area (Å²) in [6, 6.07) is 18.5. The largest absolute Gasteiger partial charge is 0.444 e. The average molecular weight is 542 g/mol. The van der Waals surface area contributed by atoms with Crippen molar-refractivity contribution in [1.29, 1.82) is 0 Å². The fraction of sp³-hybridized carbons (Fsp3) is 0.208. The SMILES string of the molecule is CN=C(NCc1coc(-c2ccc(C)cc2)n1)NCc1nccn1Cc1ccccc1.I. The van der Waals surface area contributed by atoms with E-state index in [2.05, 4.69) is 49.2 Å². The molecule has 4 aromatic rings. The fourth-order valence-corrected chi connectivity index (χ4v) is 3.21. The maximum absolute atomic E-state index is 5.62. The summed E-state index contributed by atoms with van der Waals surface area (Å²) in [5.74, 6) is 2.23. The Bertz CT molecular complexity index is 1130. The van der Waals surface area contributed by atoms with Crippen molar-refractivity contribution < 1.29 is 4.42 Å². The number of imidazole rings is 1. The van der Waals surface area contributed by atoms with Gasteiger partial charge in [-0.1, -0.05) is 48.0 Å². The predicted molar refractivity (Wildman–Crippen MR) is 137 cm³/mol. The average Bonchev–Trinajstić information content (AvgIpc) is 3.45. The van der Waals surface area contributed by atoms with E-state index >= 15 is 0 Å². The molecule has 0 bridgehead atoms. The van der Waals surface area contributed by atoms with Gasteiger partial charge < -0.3 is 19.6 Å². The molecule has 0 spiro atoms. The Hall–Kier alpha value is -3.14. The van der Waals surface area contributed by atoms with Crippen LogP contribution in [0.15, 0.2) is 82.7 Å². The third-order valence-corrected chi connectivity index (χ3v) is 4.92. The highest BCUT2D eigenvalue weighted by Gasteiger charge is 2.09. The maximum Gasteiger partial charge on any atom is 0.226 e. The highest BCUT2D eigenvalue weighted by atomic mass is 127. The monoisotopic (exact) mass is 542 g/mol. The molecule has 0 atom stereocenters. The van der Waals surface area contributed by atoms with Gasteiger partial charge in [0.05, 0.1) is 18.8 Å². The Morgan fingerprint density at radius 3 is 2.53 bits per heavy atom. The molecule has 0 radical (unpaired) electrons. The summed E-state index contributed by atoms with van der Waals surface area (Å²) < 4.78 is 7.75. The zero-order chi connectivity index (χ0) is 21.5. The molecule has 7 nitrogen and oxygen atoms in total. The van der Waals surface area contributed by atoms with Crippen LogP contribution >= 0.6 is 24.0 Å². The van der Waals surface area contributed by atoms with Crippen molar-refractivity contribution in [3.05, 3.63) is 95.9 Å². The molecule has 8 heteroatoms. The molecule has 2 aromatic heterocycles. The minimum Gasteiger partial charge on any atom is -0.444 e. The van der Waals surface area contributed by atoms with Crippen LogP contribution in [0.4, 0.5) is 0 Å². The molecule has 2 N–H and O–H groups in total. The number of rotatable bonds is 7. The van der Waals surface area contributed by atoms with E-state index in [0.29, 0.717) is 24.9 Å². The van der Waals surface area contributed by atoms with Crippen LogP contribution in [-0.2, 0) is 19.6 Å². The summed E-state index contributed by atoms with van der Waals surface area (Å²) in [7, 11) is 1.74. The number of nitrogens with one attached hydrogen (secondary N) is 2. The number of hydrogen-bond acceptors (Lipinski definition) is 4. The van der Waals surface area contributed by atoms with E-state index in [4.69, 9.17) is 4.42 Å². The standard InChI is InChI=1S/C24H26N6O.HI/c1-18-8-10-20(11-9-18)23-29-21(17-31-23)14-27-24(25-2)28-15-22-26-12-13-30(22)16-19-6-4-3-5-7-19;/h3-13,17H,14-16H2,1-2H3,(H2,25,27,28);1H. The second kappa shape index (κ2) is 11.5. The molecule has 0 saturated carbocycles. The van der Waals surface area contributed by atoms with Gasteiger partial charge in [-0.3, -0.25) is 4.99 Å². The zero-order valence-corrected chi connectivity index (χ0v) is 20.5. The summed E-state index contributed by atoms with van der Waals surface area (Å²) in [5.41, 5.74) is 4.21. The van der Waals surface area contributed by atoms with Gasteiger partial charge in [0.25, 0.3) is 0 Å². The molecular formula is C24H27IN6O. The smallest absolute Gasteiger partial charge is 0.226 e. The number of aryl methyl sites for hydroxylation is 1. The molecule has 2 aromatic carbocycles. The first-order chi connectivity index (χ1) is 15.2. The lowest BCUT2D eigenvalue weighted by Gasteiger charge is -2.12. The van der Waals surface area contributed by atoms with E-state index in [1.54, 1.807) is 13.3 Å². The minimum atomic E-state index is 0. The van der Waals surface area contributed by atoms with Crippen molar-refractivity contribution >= 4 is 29.9 Å². The van der Waals surface area contributed by atoms with Gasteiger partial charge >= 0.3 is 0 Å². The number of guanidine groups is 1. The Labute approximate surface area is 205 Å². The first-order valence-corrected chi connectivity index (χ1v) is 10.2. The number of aliphatic imine (C=N–C) groups is 1. The van der Waals surface area contributed by atoms with Gasteiger partial charge in [-0.2, -0.15) is 0 Å². The second-order valence-electron chi connectivity index (χ2n) is 7.25. The summed E-state index contributed by atoms with van der Waals surface area (Å²) in [6.45, 7) is 3.91. The van der Waals surface area contributed by atoms with Crippen molar-refractivity contribution in [2.24, 2.45) is 4.99 Å². The van der Waals surface area contributed by atoms with Gasteiger partial charge in [-0.05, 0) is 24.6 Å². The van der Waals surface area contributed by atoms with Crippen LogP contribution in [0.5, 0.6) is 0 Å². The molecule has 0 fully saturated rings. The molecular weight excluding hydrogens is 515 g/mol. The Morgan fingerprint density at radius 2 is 1.78 bits per heavy atom. The maximum atomic E-state index is 5.62. The fourth-order valence-electron chi connectivity index (χ4n) is 3.21. The predicted octanol–water partition coefficient (Wildman–Crippen LogP) is 4.38. The molecule has 0 aliphatic rings. The zero-order valence-electron chi connectivity index (χ0n) is 18.2. The molecule has 0 amide bonds. The van der Waals surface area contributed by atoms with E-state index in [0.717, 1.165) is 23.6 Å². The van der Waals surface area contributed by atoms with E-state index in [1.165, 1.54) is 11.1 Å². The number of nitrogens with zero attached hydrogens (tertiary/aromatic N) is 4. The lowest BCUT2D eigenvalue weighted by Crippen LogP contribution is -2.37. The first kappa shape index (κ1) is 23.5. The van der Waals surface area contributed by atoms with Crippen molar-refractivity contribution in [3.63, 3.8) is 0 Å². The van der Waals surface area contributed by atoms with Gasteiger partial charge in [-0.15, -0.1) is 24.0 Å². The Balaban J connectivity index is 0.00000289. The molecule has 0 unspecified atom stereocenters. The quantitative estimate of drug-likeness (QED) is 0.206. The van der Waals surface area contributed by atoms with Gasteiger partial charge in [0.1, 0.15) is 12.1 Å². The number of halogens is 1. The molecule has 2 heterocycles. The van der Waals surface area contributed by atoms with E-state index in [1.807, 2.05) is 54.9 Å². The van der Waals surface area contributed by atoms with E-state index < -0.39 is 0 Å². The highest BCUT2D eigenvalue weighted by molar-refractivity contribution is 14.0. The third-order valence-electron chi connectivity index (χ3n) is 4.92. The summed E-state index contributed by atoms with van der Waals surface area (Å²) in [4.78, 5) is 13.3. The number of oxazole rings is 1. The third kappa shape index (κ3) is 6.19. The van der Waals surface area contributed by atoms with Crippen LogP contribution in [0.1, 0.15) is 22.6 Å². The highest BCUT2D eigenvalue weighted by Crippen LogP contribution is 2.19. The van der Waals surface area contributed by atoms with Gasteiger partial charge in [0.2, 0.25) is 5.89 Å². The van der Waals surface area contributed by atoms with Crippen LogP contribution in [0.2, 0.25) is 0 Å². The second-order valence-corrected chi connectivity index (χ2v) is 7.25. The van der Waals surface area contributed by atoms with Crippen LogP contribution in [0.25, 0.3) is 11.5 Å². The summed E-state index contributed by atoms with van der Waals surface area (Å²) >= 11 is 0. The molecule has 32 heavy (non-hydrogen) atoms. The topological polar surface area (TPSA) is 80.3 Å². The summed E-state index contributed by atoms with van der Waals surface area (Å²) in [5, 5.41) is 6.58. The van der Waals surface area contributed by atoms with Crippen molar-refractivity contribution in [1.82, 2.24) is 25.2 Å². The van der Waals surface area contributed by atoms with Gasteiger partial charge in [-0.25, -0.2) is 9.97 Å². The van der Waals surface area contributed by atoms with Crippen LogP contribution < -0.4 is 10.6 Å². The Kier molecular flexibility index (Phi) is 8.43. The molecule has 0 aliphatic heterocycles. The Morgan fingerprint density at radius 1 is 1.03 bits per heavy atom. The van der Waals surface area contributed by atoms with E-state index in [-0.39, 0.29) is 24.0 Å². The molecule has 0 saturated heterocycles.